The summed E-state index contributed by atoms with van der Waals surface area (Å²) in [4.78, 5) is 0. The maximum absolute atomic E-state index is 14.0. The number of ether oxygens (including phenoxy) is 2. The first-order valence-electron chi connectivity index (χ1n) is 8.36. The lowest BCUT2D eigenvalue weighted by Crippen LogP contribution is -2.27. The summed E-state index contributed by atoms with van der Waals surface area (Å²) in [5.41, 5.74) is 0.547. The summed E-state index contributed by atoms with van der Waals surface area (Å²) in [7, 11) is 0. The van der Waals surface area contributed by atoms with E-state index in [-0.39, 0.29) is 17.5 Å². The molecule has 2 nitrogen and oxygen atoms in total. The number of alkyl halides is 2. The smallest absolute Gasteiger partial charge is 0.387 e. The molecule has 26 heavy (non-hydrogen) atoms. The summed E-state index contributed by atoms with van der Waals surface area (Å²) in [6, 6.07) is 13.0. The van der Waals surface area contributed by atoms with Crippen molar-refractivity contribution in [3.63, 3.8) is 0 Å². The Kier molecular flexibility index (Phi) is 5.47. The topological polar surface area (TPSA) is 18.5 Å². The van der Waals surface area contributed by atoms with Gasteiger partial charge in [0.1, 0.15) is 17.2 Å². The molecule has 0 unspecified atom stereocenters. The second-order valence-electron chi connectivity index (χ2n) is 5.89. The van der Waals surface area contributed by atoms with Crippen LogP contribution >= 0.6 is 0 Å². The van der Waals surface area contributed by atoms with Gasteiger partial charge in [0.05, 0.1) is 0 Å². The summed E-state index contributed by atoms with van der Waals surface area (Å²) in [5, 5.41) is 0. The summed E-state index contributed by atoms with van der Waals surface area (Å²) in [6.07, 6.45) is 7.52. The Morgan fingerprint density at radius 3 is 2.23 bits per heavy atom. The molecule has 136 valence electrons. The molecular weight excluding hydrogens is 341 g/mol. The molecule has 0 bridgehead atoms. The molecule has 0 N–H and O–H groups in total. The van der Waals surface area contributed by atoms with E-state index in [2.05, 4.69) is 4.74 Å². The standard InChI is InChI=1S/C21H19F3O2/c1-2-25-21(16-7-9-17(10-8-16)26-20(23)24)13-11-15(12-14-21)18-5-3-4-6-19(18)22/h3-15,20H,2H2,1H3. The molecule has 0 saturated carbocycles. The molecule has 0 heterocycles. The fourth-order valence-corrected chi connectivity index (χ4v) is 3.07. The van der Waals surface area contributed by atoms with Crippen molar-refractivity contribution in [3.8, 4) is 5.75 Å². The lowest BCUT2D eigenvalue weighted by atomic mass is 9.84. The van der Waals surface area contributed by atoms with E-state index in [1.54, 1.807) is 30.3 Å². The van der Waals surface area contributed by atoms with Gasteiger partial charge in [-0.1, -0.05) is 42.5 Å². The lowest BCUT2D eigenvalue weighted by molar-refractivity contribution is -0.0498. The molecule has 2 aromatic rings. The van der Waals surface area contributed by atoms with Gasteiger partial charge in [-0.25, -0.2) is 4.39 Å². The van der Waals surface area contributed by atoms with Gasteiger partial charge in [-0.15, -0.1) is 0 Å². The number of hydrogen-bond donors (Lipinski definition) is 0. The quantitative estimate of drug-likeness (QED) is 0.627. The highest BCUT2D eigenvalue weighted by Gasteiger charge is 2.30. The van der Waals surface area contributed by atoms with Crippen molar-refractivity contribution in [2.75, 3.05) is 6.61 Å². The molecular formula is C21H19F3O2. The Hall–Kier alpha value is -2.53. The molecule has 0 aliphatic heterocycles. The molecule has 5 heteroatoms. The Labute approximate surface area is 150 Å². The Balaban J connectivity index is 1.87. The highest BCUT2D eigenvalue weighted by atomic mass is 19.3. The van der Waals surface area contributed by atoms with Crippen LogP contribution in [0.5, 0.6) is 5.75 Å². The second kappa shape index (κ2) is 7.79. The van der Waals surface area contributed by atoms with Crippen molar-refractivity contribution < 1.29 is 22.6 Å². The first-order valence-corrected chi connectivity index (χ1v) is 8.36. The predicted molar refractivity (Wildman–Crippen MR) is 93.8 cm³/mol. The minimum absolute atomic E-state index is 0.0865. The molecule has 2 aromatic carbocycles. The number of rotatable bonds is 6. The number of hydrogen-bond acceptors (Lipinski definition) is 2. The van der Waals surface area contributed by atoms with Gasteiger partial charge in [-0.05, 0) is 48.4 Å². The van der Waals surface area contributed by atoms with E-state index < -0.39 is 12.2 Å². The number of benzene rings is 2. The molecule has 0 saturated heterocycles. The molecule has 0 fully saturated rings. The van der Waals surface area contributed by atoms with E-state index in [1.807, 2.05) is 31.2 Å². The van der Waals surface area contributed by atoms with Crippen LogP contribution in [0.3, 0.4) is 0 Å². The Bertz CT molecular complexity index is 783. The van der Waals surface area contributed by atoms with Gasteiger partial charge in [-0.3, -0.25) is 0 Å². The van der Waals surface area contributed by atoms with Crippen molar-refractivity contribution in [1.82, 2.24) is 0 Å². The van der Waals surface area contributed by atoms with Crippen LogP contribution in [0, 0.1) is 5.82 Å². The highest BCUT2D eigenvalue weighted by molar-refractivity contribution is 5.43. The molecule has 0 atom stereocenters. The number of halogens is 3. The summed E-state index contributed by atoms with van der Waals surface area (Å²) < 4.78 is 49.0. The van der Waals surface area contributed by atoms with Crippen LogP contribution in [-0.4, -0.2) is 13.2 Å². The van der Waals surface area contributed by atoms with Gasteiger partial charge in [0.15, 0.2) is 0 Å². The van der Waals surface area contributed by atoms with Crippen molar-refractivity contribution in [2.45, 2.75) is 25.1 Å². The molecule has 3 rings (SSSR count). The van der Waals surface area contributed by atoms with Gasteiger partial charge in [0.25, 0.3) is 0 Å². The van der Waals surface area contributed by atoms with Gasteiger partial charge in [0, 0.05) is 12.5 Å². The van der Waals surface area contributed by atoms with Crippen LogP contribution in [0.4, 0.5) is 13.2 Å². The largest absolute Gasteiger partial charge is 0.435 e. The SMILES string of the molecule is CCOC1(c2ccc(OC(F)F)cc2)C=CC(c2ccccc2F)C=C1. The van der Waals surface area contributed by atoms with E-state index in [1.165, 1.54) is 18.2 Å². The fourth-order valence-electron chi connectivity index (χ4n) is 3.07. The zero-order valence-electron chi connectivity index (χ0n) is 14.2. The van der Waals surface area contributed by atoms with Crippen LogP contribution in [0.1, 0.15) is 24.0 Å². The molecule has 1 aliphatic rings. The molecule has 0 spiro atoms. The normalized spacial score (nSPS) is 22.0. The third-order valence-electron chi connectivity index (χ3n) is 4.28. The van der Waals surface area contributed by atoms with E-state index in [9.17, 15) is 13.2 Å². The first-order chi connectivity index (χ1) is 12.5. The maximum atomic E-state index is 14.0. The average molecular weight is 360 g/mol. The Morgan fingerprint density at radius 1 is 1.00 bits per heavy atom. The molecule has 0 radical (unpaired) electrons. The van der Waals surface area contributed by atoms with E-state index >= 15 is 0 Å². The summed E-state index contributed by atoms with van der Waals surface area (Å²) >= 11 is 0. The number of allylic oxidation sites excluding steroid dienone is 2. The van der Waals surface area contributed by atoms with Crippen LogP contribution in [0.25, 0.3) is 0 Å². The fraction of sp³-hybridized carbons (Fsp3) is 0.238. The van der Waals surface area contributed by atoms with E-state index in [4.69, 9.17) is 4.74 Å². The van der Waals surface area contributed by atoms with Crippen molar-refractivity contribution in [2.24, 2.45) is 0 Å². The maximum Gasteiger partial charge on any atom is 0.387 e. The monoisotopic (exact) mass is 360 g/mol. The van der Waals surface area contributed by atoms with Crippen LogP contribution in [0.2, 0.25) is 0 Å². The molecule has 1 aliphatic carbocycles. The molecule has 0 aromatic heterocycles. The van der Waals surface area contributed by atoms with E-state index in [0.29, 0.717) is 12.2 Å². The third-order valence-corrected chi connectivity index (χ3v) is 4.28. The zero-order chi connectivity index (χ0) is 18.6. The van der Waals surface area contributed by atoms with Crippen molar-refractivity contribution in [3.05, 3.63) is 89.8 Å². The van der Waals surface area contributed by atoms with Crippen LogP contribution in [-0.2, 0) is 10.3 Å². The second-order valence-corrected chi connectivity index (χ2v) is 5.89. The predicted octanol–water partition coefficient (Wildman–Crippen LogP) is 5.57. The van der Waals surface area contributed by atoms with Gasteiger partial charge in [0.2, 0.25) is 0 Å². The minimum Gasteiger partial charge on any atom is -0.435 e. The highest BCUT2D eigenvalue weighted by Crippen LogP contribution is 2.37. The average Bonchev–Trinajstić information content (AvgIpc) is 2.63. The van der Waals surface area contributed by atoms with Gasteiger partial charge in [-0.2, -0.15) is 8.78 Å². The third kappa shape index (κ3) is 3.83. The van der Waals surface area contributed by atoms with E-state index in [0.717, 1.165) is 5.56 Å². The van der Waals surface area contributed by atoms with Crippen molar-refractivity contribution in [1.29, 1.82) is 0 Å². The van der Waals surface area contributed by atoms with Crippen LogP contribution < -0.4 is 4.74 Å². The van der Waals surface area contributed by atoms with Crippen molar-refractivity contribution >= 4 is 0 Å². The zero-order valence-corrected chi connectivity index (χ0v) is 14.2. The summed E-state index contributed by atoms with van der Waals surface area (Å²) in [6.45, 7) is -0.535. The molecule has 0 amide bonds. The van der Waals surface area contributed by atoms with Gasteiger partial charge >= 0.3 is 6.61 Å². The van der Waals surface area contributed by atoms with Gasteiger partial charge < -0.3 is 9.47 Å². The first kappa shape index (κ1) is 18.3. The van der Waals surface area contributed by atoms with Crippen LogP contribution in [0.15, 0.2) is 72.8 Å². The lowest BCUT2D eigenvalue weighted by Gasteiger charge is -2.31. The Morgan fingerprint density at radius 2 is 1.65 bits per heavy atom. The minimum atomic E-state index is -2.86. The summed E-state index contributed by atoms with van der Waals surface area (Å²) in [5.74, 6) is -0.362.